The van der Waals surface area contributed by atoms with Crippen molar-refractivity contribution in [3.63, 3.8) is 0 Å². The van der Waals surface area contributed by atoms with Gasteiger partial charge in [-0.25, -0.2) is 9.67 Å². The van der Waals surface area contributed by atoms with E-state index in [0.717, 1.165) is 37.0 Å². The molecule has 0 radical (unpaired) electrons. The Balaban J connectivity index is 1.87. The number of likely N-dealkylation sites (tertiary alicyclic amines) is 1. The van der Waals surface area contributed by atoms with Crippen molar-refractivity contribution in [1.82, 2.24) is 19.7 Å². The maximum atomic E-state index is 12.3. The summed E-state index contributed by atoms with van der Waals surface area (Å²) in [5, 5.41) is 3.66. The zero-order chi connectivity index (χ0) is 13.9. The zero-order valence-electron chi connectivity index (χ0n) is 11.0. The van der Waals surface area contributed by atoms with Crippen LogP contribution < -0.4 is 0 Å². The van der Waals surface area contributed by atoms with E-state index in [1.807, 2.05) is 0 Å². The van der Waals surface area contributed by atoms with Crippen LogP contribution in [-0.2, 0) is 13.0 Å². The molecule has 0 aromatic carbocycles. The van der Waals surface area contributed by atoms with Crippen LogP contribution in [0.15, 0.2) is 6.33 Å². The number of hydrogen-bond acceptors (Lipinski definition) is 3. The average Bonchev–Trinajstić information content (AvgIpc) is 2.71. The van der Waals surface area contributed by atoms with E-state index < -0.39 is 12.7 Å². The molecular formula is C12H19F3N4. The van der Waals surface area contributed by atoms with E-state index in [4.69, 9.17) is 0 Å². The van der Waals surface area contributed by atoms with Crippen LogP contribution in [0, 0.1) is 5.92 Å². The molecule has 1 fully saturated rings. The number of aromatic nitrogens is 3. The molecule has 0 spiro atoms. The molecule has 1 unspecified atom stereocenters. The van der Waals surface area contributed by atoms with Gasteiger partial charge in [-0.1, -0.05) is 0 Å². The highest BCUT2D eigenvalue weighted by atomic mass is 19.4. The molecule has 1 aromatic rings. The molecule has 1 saturated heterocycles. The van der Waals surface area contributed by atoms with Crippen molar-refractivity contribution in [2.75, 3.05) is 20.1 Å². The van der Waals surface area contributed by atoms with E-state index in [1.165, 1.54) is 6.33 Å². The molecule has 19 heavy (non-hydrogen) atoms. The molecule has 7 heteroatoms. The molecule has 0 bridgehead atoms. The molecule has 108 valence electrons. The summed E-state index contributed by atoms with van der Waals surface area (Å²) in [4.78, 5) is 6.21. The van der Waals surface area contributed by atoms with Gasteiger partial charge >= 0.3 is 6.18 Å². The van der Waals surface area contributed by atoms with E-state index in [9.17, 15) is 13.2 Å². The van der Waals surface area contributed by atoms with Gasteiger partial charge in [0.2, 0.25) is 0 Å². The van der Waals surface area contributed by atoms with E-state index >= 15 is 0 Å². The van der Waals surface area contributed by atoms with E-state index in [0.29, 0.717) is 18.2 Å². The summed E-state index contributed by atoms with van der Waals surface area (Å²) >= 11 is 0. The second kappa shape index (κ2) is 5.90. The standard InChI is InChI=1S/C12H19F3N4/c1-18-6-2-3-10(7-18)4-5-11-16-9-17-19(11)8-12(13,14)15/h9-10H,2-8H2,1H3. The van der Waals surface area contributed by atoms with Crippen LogP contribution in [0.25, 0.3) is 0 Å². The average molecular weight is 276 g/mol. The van der Waals surface area contributed by atoms with Crippen molar-refractivity contribution in [1.29, 1.82) is 0 Å². The Hall–Kier alpha value is -1.11. The van der Waals surface area contributed by atoms with Crippen LogP contribution in [-0.4, -0.2) is 46.0 Å². The third-order valence-corrected chi connectivity index (χ3v) is 3.52. The van der Waals surface area contributed by atoms with Gasteiger partial charge in [-0.05, 0) is 38.8 Å². The number of piperidine rings is 1. The minimum absolute atomic E-state index is 0.436. The topological polar surface area (TPSA) is 34.0 Å². The van der Waals surface area contributed by atoms with Gasteiger partial charge in [0.1, 0.15) is 18.7 Å². The number of aryl methyl sites for hydroxylation is 1. The molecule has 1 atom stereocenters. The first kappa shape index (κ1) is 14.3. The number of alkyl halides is 3. The van der Waals surface area contributed by atoms with Crippen LogP contribution >= 0.6 is 0 Å². The lowest BCUT2D eigenvalue weighted by Gasteiger charge is -2.29. The molecule has 0 amide bonds. The van der Waals surface area contributed by atoms with Crippen molar-refractivity contribution in [3.8, 4) is 0 Å². The summed E-state index contributed by atoms with van der Waals surface area (Å²) in [5.41, 5.74) is 0. The van der Waals surface area contributed by atoms with E-state index in [-0.39, 0.29) is 0 Å². The fourth-order valence-electron chi connectivity index (χ4n) is 2.63. The van der Waals surface area contributed by atoms with Crippen molar-refractivity contribution in [3.05, 3.63) is 12.2 Å². The number of halogens is 3. The highest BCUT2D eigenvalue weighted by Crippen LogP contribution is 2.21. The van der Waals surface area contributed by atoms with Gasteiger partial charge in [-0.15, -0.1) is 0 Å². The molecule has 1 aliphatic heterocycles. The molecular weight excluding hydrogens is 257 g/mol. The molecule has 1 aliphatic rings. The van der Waals surface area contributed by atoms with Gasteiger partial charge in [0.15, 0.2) is 0 Å². The summed E-state index contributed by atoms with van der Waals surface area (Å²) in [6.45, 7) is 1.08. The van der Waals surface area contributed by atoms with Gasteiger partial charge in [0, 0.05) is 13.0 Å². The summed E-state index contributed by atoms with van der Waals surface area (Å²) in [6, 6.07) is 0. The lowest BCUT2D eigenvalue weighted by atomic mass is 9.93. The lowest BCUT2D eigenvalue weighted by molar-refractivity contribution is -0.143. The Kier molecular flexibility index (Phi) is 4.44. The minimum atomic E-state index is -4.24. The Morgan fingerprint density at radius 3 is 2.89 bits per heavy atom. The van der Waals surface area contributed by atoms with Gasteiger partial charge in [0.05, 0.1) is 0 Å². The molecule has 2 rings (SSSR count). The van der Waals surface area contributed by atoms with Gasteiger partial charge in [-0.2, -0.15) is 18.3 Å². The third-order valence-electron chi connectivity index (χ3n) is 3.52. The molecule has 0 saturated carbocycles. The summed E-state index contributed by atoms with van der Waals surface area (Å²) in [7, 11) is 2.08. The third kappa shape index (κ3) is 4.49. The summed E-state index contributed by atoms with van der Waals surface area (Å²) in [5.74, 6) is 0.986. The van der Waals surface area contributed by atoms with E-state index in [2.05, 4.69) is 22.0 Å². The van der Waals surface area contributed by atoms with Crippen LogP contribution in [0.5, 0.6) is 0 Å². The second-order valence-corrected chi connectivity index (χ2v) is 5.26. The van der Waals surface area contributed by atoms with Gasteiger partial charge < -0.3 is 4.90 Å². The fourth-order valence-corrected chi connectivity index (χ4v) is 2.63. The molecule has 2 heterocycles. The predicted octanol–water partition coefficient (Wildman–Crippen LogP) is 2.11. The Labute approximate surface area is 110 Å². The smallest absolute Gasteiger partial charge is 0.306 e. The normalized spacial score (nSPS) is 21.8. The number of hydrogen-bond donors (Lipinski definition) is 0. The van der Waals surface area contributed by atoms with Crippen LogP contribution in [0.4, 0.5) is 13.2 Å². The fraction of sp³-hybridized carbons (Fsp3) is 0.833. The zero-order valence-corrected chi connectivity index (χ0v) is 11.0. The molecule has 4 nitrogen and oxygen atoms in total. The second-order valence-electron chi connectivity index (χ2n) is 5.26. The molecule has 0 aliphatic carbocycles. The van der Waals surface area contributed by atoms with Crippen LogP contribution in [0.2, 0.25) is 0 Å². The first-order chi connectivity index (χ1) is 8.94. The largest absolute Gasteiger partial charge is 0.408 e. The number of rotatable bonds is 4. The lowest BCUT2D eigenvalue weighted by Crippen LogP contribution is -2.32. The van der Waals surface area contributed by atoms with Gasteiger partial charge in [0.25, 0.3) is 0 Å². The SMILES string of the molecule is CN1CCCC(CCc2ncnn2CC(F)(F)F)C1. The van der Waals surface area contributed by atoms with Crippen molar-refractivity contribution >= 4 is 0 Å². The van der Waals surface area contributed by atoms with E-state index in [1.54, 1.807) is 0 Å². The predicted molar refractivity (Wildman–Crippen MR) is 64.6 cm³/mol. The van der Waals surface area contributed by atoms with Crippen molar-refractivity contribution in [2.45, 2.75) is 38.4 Å². The highest BCUT2D eigenvalue weighted by molar-refractivity contribution is 4.87. The quantitative estimate of drug-likeness (QED) is 0.844. The highest BCUT2D eigenvalue weighted by Gasteiger charge is 2.29. The summed E-state index contributed by atoms with van der Waals surface area (Å²) < 4.78 is 38.0. The maximum Gasteiger partial charge on any atom is 0.408 e. The first-order valence-corrected chi connectivity index (χ1v) is 6.56. The van der Waals surface area contributed by atoms with Gasteiger partial charge in [-0.3, -0.25) is 0 Å². The van der Waals surface area contributed by atoms with Crippen molar-refractivity contribution in [2.24, 2.45) is 5.92 Å². The Morgan fingerprint density at radius 1 is 1.42 bits per heavy atom. The number of nitrogens with zero attached hydrogens (tertiary/aromatic N) is 4. The molecule has 1 aromatic heterocycles. The van der Waals surface area contributed by atoms with Crippen molar-refractivity contribution < 1.29 is 13.2 Å². The minimum Gasteiger partial charge on any atom is -0.306 e. The Bertz CT molecular complexity index is 402. The first-order valence-electron chi connectivity index (χ1n) is 6.56. The Morgan fingerprint density at radius 2 is 2.21 bits per heavy atom. The monoisotopic (exact) mass is 276 g/mol. The van der Waals surface area contributed by atoms with Crippen LogP contribution in [0.3, 0.4) is 0 Å². The summed E-state index contributed by atoms with van der Waals surface area (Å²) in [6.07, 6.45) is 0.714. The maximum absolute atomic E-state index is 12.3. The van der Waals surface area contributed by atoms with Crippen LogP contribution in [0.1, 0.15) is 25.1 Å². The molecule has 0 N–H and O–H groups in total.